The summed E-state index contributed by atoms with van der Waals surface area (Å²) in [4.78, 5) is 12.1. The molecule has 3 heteroatoms. The second-order valence-corrected chi connectivity index (χ2v) is 5.59. The molecule has 0 amide bonds. The largest absolute Gasteiger partial charge is 0.478 e. The highest BCUT2D eigenvalue weighted by Crippen LogP contribution is 2.28. The molecule has 1 aromatic heterocycles. The van der Waals surface area contributed by atoms with Crippen molar-refractivity contribution in [1.29, 1.82) is 0 Å². The van der Waals surface area contributed by atoms with E-state index in [4.69, 9.17) is 5.11 Å². The first-order chi connectivity index (χ1) is 9.08. The minimum Gasteiger partial charge on any atom is -0.478 e. The van der Waals surface area contributed by atoms with Crippen molar-refractivity contribution in [3.63, 3.8) is 0 Å². The van der Waals surface area contributed by atoms with Gasteiger partial charge in [0.15, 0.2) is 0 Å². The van der Waals surface area contributed by atoms with Gasteiger partial charge in [-0.15, -0.1) is 11.3 Å². The van der Waals surface area contributed by atoms with Crippen molar-refractivity contribution in [3.05, 3.63) is 53.4 Å². The first-order valence-electron chi connectivity index (χ1n) is 6.16. The van der Waals surface area contributed by atoms with Gasteiger partial charge in [-0.2, -0.15) is 0 Å². The van der Waals surface area contributed by atoms with Gasteiger partial charge in [0, 0.05) is 11.0 Å². The van der Waals surface area contributed by atoms with Crippen molar-refractivity contribution >= 4 is 22.9 Å². The lowest BCUT2D eigenvalue weighted by molar-refractivity contribution is -0.131. The maximum Gasteiger partial charge on any atom is 0.328 e. The fourth-order valence-electron chi connectivity index (χ4n) is 1.99. The molecule has 2 aromatic rings. The molecule has 2 nitrogen and oxygen atoms in total. The number of aliphatic carboxylic acids is 1. The average molecular weight is 272 g/mol. The van der Waals surface area contributed by atoms with Crippen molar-refractivity contribution in [3.8, 4) is 10.4 Å². The van der Waals surface area contributed by atoms with Crippen LogP contribution in [0.2, 0.25) is 0 Å². The third-order valence-electron chi connectivity index (χ3n) is 2.92. The Hall–Kier alpha value is -1.87. The van der Waals surface area contributed by atoms with Crippen LogP contribution in [0.3, 0.4) is 0 Å². The molecule has 1 heterocycles. The summed E-state index contributed by atoms with van der Waals surface area (Å²) in [5.41, 5.74) is 2.99. The summed E-state index contributed by atoms with van der Waals surface area (Å²) in [6.07, 6.45) is 1.30. The number of carboxylic acid groups (broad SMARTS) is 1. The van der Waals surface area contributed by atoms with E-state index in [1.807, 2.05) is 49.6 Å². The van der Waals surface area contributed by atoms with E-state index in [2.05, 4.69) is 6.07 Å². The van der Waals surface area contributed by atoms with Crippen molar-refractivity contribution in [1.82, 2.24) is 0 Å². The molecule has 19 heavy (non-hydrogen) atoms. The zero-order valence-electron chi connectivity index (χ0n) is 11.0. The molecule has 1 N–H and O–H groups in total. The zero-order chi connectivity index (χ0) is 13.8. The van der Waals surface area contributed by atoms with Gasteiger partial charge in [0.2, 0.25) is 0 Å². The molecule has 2 rings (SSSR count). The topological polar surface area (TPSA) is 37.3 Å². The molecular formula is C16H16O2S. The first-order valence-corrected chi connectivity index (χ1v) is 7.04. The molecular weight excluding hydrogens is 256 g/mol. The third-order valence-corrected chi connectivity index (χ3v) is 3.84. The Morgan fingerprint density at radius 1 is 1.21 bits per heavy atom. The number of thiophene rings is 1. The van der Waals surface area contributed by atoms with Crippen molar-refractivity contribution in [2.75, 3.05) is 0 Å². The molecule has 98 valence electrons. The monoisotopic (exact) mass is 272 g/mol. The van der Waals surface area contributed by atoms with E-state index in [0.717, 1.165) is 16.7 Å². The highest BCUT2D eigenvalue weighted by Gasteiger charge is 2.09. The van der Waals surface area contributed by atoms with Crippen molar-refractivity contribution in [2.24, 2.45) is 5.92 Å². The van der Waals surface area contributed by atoms with Crippen LogP contribution in [0.5, 0.6) is 0 Å². The lowest BCUT2D eigenvalue weighted by Gasteiger charge is -2.11. The smallest absolute Gasteiger partial charge is 0.328 e. The second kappa shape index (κ2) is 5.85. The molecule has 0 aliphatic heterocycles. The van der Waals surface area contributed by atoms with Crippen LogP contribution in [0.4, 0.5) is 0 Å². The van der Waals surface area contributed by atoms with Gasteiger partial charge in [0.25, 0.3) is 0 Å². The molecule has 1 aromatic carbocycles. The number of carboxylic acids is 1. The van der Waals surface area contributed by atoms with E-state index in [-0.39, 0.29) is 5.92 Å². The highest BCUT2D eigenvalue weighted by atomic mass is 32.1. The van der Waals surface area contributed by atoms with Crippen LogP contribution in [-0.4, -0.2) is 11.1 Å². The second-order valence-electron chi connectivity index (χ2n) is 4.65. The summed E-state index contributed by atoms with van der Waals surface area (Å²) in [5, 5.41) is 11.0. The summed E-state index contributed by atoms with van der Waals surface area (Å²) in [6.45, 7) is 4.00. The van der Waals surface area contributed by atoms with Gasteiger partial charge in [-0.3, -0.25) is 0 Å². The number of rotatable bonds is 4. The summed E-state index contributed by atoms with van der Waals surface area (Å²) in [7, 11) is 0. The molecule has 0 aliphatic carbocycles. The number of hydrogen-bond donors (Lipinski definition) is 1. The minimum atomic E-state index is -0.897. The summed E-state index contributed by atoms with van der Waals surface area (Å²) < 4.78 is 0. The Morgan fingerprint density at radius 3 is 2.37 bits per heavy atom. The van der Waals surface area contributed by atoms with Crippen LogP contribution in [0, 0.1) is 5.92 Å². The van der Waals surface area contributed by atoms with Crippen molar-refractivity contribution in [2.45, 2.75) is 13.8 Å². The molecule has 0 aliphatic rings. The Kier molecular flexibility index (Phi) is 4.17. The fourth-order valence-corrected chi connectivity index (χ4v) is 2.72. The molecule has 0 spiro atoms. The zero-order valence-corrected chi connectivity index (χ0v) is 11.8. The van der Waals surface area contributed by atoms with Gasteiger partial charge in [0.1, 0.15) is 0 Å². The van der Waals surface area contributed by atoms with E-state index in [0.29, 0.717) is 0 Å². The van der Waals surface area contributed by atoms with Crippen LogP contribution in [0.15, 0.2) is 47.9 Å². The predicted molar refractivity (Wildman–Crippen MR) is 80.2 cm³/mol. The van der Waals surface area contributed by atoms with Crippen LogP contribution in [0.1, 0.15) is 19.4 Å². The van der Waals surface area contributed by atoms with Gasteiger partial charge in [0.05, 0.1) is 0 Å². The molecule has 0 bridgehead atoms. The van der Waals surface area contributed by atoms with Crippen LogP contribution in [0.25, 0.3) is 16.0 Å². The van der Waals surface area contributed by atoms with Crippen molar-refractivity contribution < 1.29 is 9.90 Å². The van der Waals surface area contributed by atoms with Crippen LogP contribution in [-0.2, 0) is 4.79 Å². The van der Waals surface area contributed by atoms with Gasteiger partial charge in [-0.25, -0.2) is 4.79 Å². The van der Waals surface area contributed by atoms with E-state index in [1.165, 1.54) is 11.0 Å². The predicted octanol–water partition coefficient (Wildman–Crippen LogP) is 4.54. The maximum atomic E-state index is 10.9. The van der Waals surface area contributed by atoms with E-state index >= 15 is 0 Å². The number of hydrogen-bond acceptors (Lipinski definition) is 2. The summed E-state index contributed by atoms with van der Waals surface area (Å²) in [5.74, 6) is -0.713. The van der Waals surface area contributed by atoms with Crippen LogP contribution < -0.4 is 0 Å². The molecule has 0 saturated carbocycles. The minimum absolute atomic E-state index is 0.184. The normalized spacial score (nSPS) is 11.8. The van der Waals surface area contributed by atoms with Gasteiger partial charge in [-0.1, -0.05) is 44.2 Å². The number of benzene rings is 1. The number of carbonyl (C=O) groups is 1. The summed E-state index contributed by atoms with van der Waals surface area (Å²) >= 11 is 1.70. The van der Waals surface area contributed by atoms with Gasteiger partial charge >= 0.3 is 5.97 Å². The molecule has 0 atom stereocenters. The first kappa shape index (κ1) is 13.6. The summed E-state index contributed by atoms with van der Waals surface area (Å²) in [6, 6.07) is 12.2. The Labute approximate surface area is 117 Å². The van der Waals surface area contributed by atoms with Gasteiger partial charge < -0.3 is 5.11 Å². The Morgan fingerprint density at radius 2 is 1.89 bits per heavy atom. The Bertz CT molecular complexity index is 578. The van der Waals surface area contributed by atoms with Crippen LogP contribution >= 0.6 is 11.3 Å². The average Bonchev–Trinajstić information content (AvgIpc) is 2.89. The quantitative estimate of drug-likeness (QED) is 0.830. The lowest BCUT2D eigenvalue weighted by Crippen LogP contribution is -1.98. The Balaban J connectivity index is 2.34. The standard InChI is InChI=1S/C16H16O2S/c1-11(2)14(10-16(17)18)12-5-7-13(8-6-12)15-4-3-9-19-15/h3-11H,1-2H3,(H,17,18)/b14-10+. The van der Waals surface area contributed by atoms with E-state index < -0.39 is 5.97 Å². The highest BCUT2D eigenvalue weighted by molar-refractivity contribution is 7.13. The van der Waals surface area contributed by atoms with E-state index in [9.17, 15) is 4.79 Å². The molecule has 0 fully saturated rings. The van der Waals surface area contributed by atoms with E-state index in [1.54, 1.807) is 11.3 Å². The third kappa shape index (κ3) is 3.32. The molecule has 0 radical (unpaired) electrons. The lowest BCUT2D eigenvalue weighted by atomic mass is 9.94. The number of allylic oxidation sites excluding steroid dienone is 1. The molecule has 0 unspecified atom stereocenters. The maximum absolute atomic E-state index is 10.9. The fraction of sp³-hybridized carbons (Fsp3) is 0.188. The molecule has 0 saturated heterocycles. The van der Waals surface area contributed by atoms with Gasteiger partial charge in [-0.05, 0) is 34.1 Å². The SMILES string of the molecule is CC(C)/C(=C\C(=O)O)c1ccc(-c2cccs2)cc1.